The Kier molecular flexibility index (Phi) is 5.16. The van der Waals surface area contributed by atoms with Gasteiger partial charge in [0.1, 0.15) is 23.6 Å². The molecule has 0 radical (unpaired) electrons. The number of nitriles is 1. The van der Waals surface area contributed by atoms with Gasteiger partial charge >= 0.3 is 0 Å². The van der Waals surface area contributed by atoms with Gasteiger partial charge in [-0.1, -0.05) is 25.1 Å². The Morgan fingerprint density at radius 1 is 1.29 bits per heavy atom. The van der Waals surface area contributed by atoms with Crippen molar-refractivity contribution in [3.05, 3.63) is 53.9 Å². The second kappa shape index (κ2) is 7.30. The Balaban J connectivity index is 1.93. The quantitative estimate of drug-likeness (QED) is 0.880. The number of aryl methyl sites for hydroxylation is 1. The smallest absolute Gasteiger partial charge is 0.140 e. The van der Waals surface area contributed by atoms with Crippen LogP contribution in [0.3, 0.4) is 0 Å². The Labute approximate surface area is 125 Å². The van der Waals surface area contributed by atoms with Gasteiger partial charge in [-0.25, -0.2) is 4.98 Å². The highest BCUT2D eigenvalue weighted by molar-refractivity contribution is 5.42. The summed E-state index contributed by atoms with van der Waals surface area (Å²) >= 11 is 0. The van der Waals surface area contributed by atoms with Crippen molar-refractivity contribution in [3.63, 3.8) is 0 Å². The molecule has 0 aliphatic heterocycles. The van der Waals surface area contributed by atoms with Crippen LogP contribution < -0.4 is 10.1 Å². The molecule has 1 aromatic heterocycles. The molecule has 0 aliphatic carbocycles. The maximum absolute atomic E-state index is 8.72. The lowest BCUT2D eigenvalue weighted by Gasteiger charge is -2.20. The molecule has 21 heavy (non-hydrogen) atoms. The first-order valence-corrected chi connectivity index (χ1v) is 7.05. The summed E-state index contributed by atoms with van der Waals surface area (Å²) < 4.78 is 6.03. The average Bonchev–Trinajstić information content (AvgIpc) is 2.53. The van der Waals surface area contributed by atoms with E-state index in [1.165, 1.54) is 0 Å². The summed E-state index contributed by atoms with van der Waals surface area (Å²) in [7, 11) is 0. The van der Waals surface area contributed by atoms with Gasteiger partial charge in [-0.15, -0.1) is 0 Å². The first-order valence-electron chi connectivity index (χ1n) is 7.05. The van der Waals surface area contributed by atoms with Crippen molar-refractivity contribution in [3.8, 4) is 11.8 Å². The van der Waals surface area contributed by atoms with Crippen molar-refractivity contribution in [2.24, 2.45) is 0 Å². The zero-order chi connectivity index (χ0) is 15.1. The zero-order valence-electron chi connectivity index (χ0n) is 12.3. The summed E-state index contributed by atoms with van der Waals surface area (Å²) in [6, 6.07) is 13.6. The van der Waals surface area contributed by atoms with E-state index >= 15 is 0 Å². The van der Waals surface area contributed by atoms with E-state index in [2.05, 4.69) is 17.2 Å². The van der Waals surface area contributed by atoms with E-state index in [-0.39, 0.29) is 6.10 Å². The highest BCUT2D eigenvalue weighted by Crippen LogP contribution is 2.19. The van der Waals surface area contributed by atoms with Crippen LogP contribution in [0.15, 0.2) is 42.6 Å². The van der Waals surface area contributed by atoms with Crippen LogP contribution in [0, 0.1) is 18.3 Å². The van der Waals surface area contributed by atoms with Crippen molar-refractivity contribution in [1.82, 2.24) is 4.98 Å². The number of pyridine rings is 1. The largest absolute Gasteiger partial charge is 0.488 e. The Morgan fingerprint density at radius 3 is 2.71 bits per heavy atom. The summed E-state index contributed by atoms with van der Waals surface area (Å²) in [5.41, 5.74) is 2.44. The van der Waals surface area contributed by atoms with Crippen LogP contribution in [0.5, 0.6) is 5.75 Å². The molecule has 108 valence electrons. The molecule has 0 spiro atoms. The van der Waals surface area contributed by atoms with Gasteiger partial charge in [-0.05, 0) is 37.1 Å². The molecule has 0 fully saturated rings. The van der Waals surface area contributed by atoms with Crippen molar-refractivity contribution in [2.75, 3.05) is 11.9 Å². The molecule has 0 bridgehead atoms. The van der Waals surface area contributed by atoms with Crippen LogP contribution >= 0.6 is 0 Å². The second-order valence-electron chi connectivity index (χ2n) is 4.84. The van der Waals surface area contributed by atoms with E-state index < -0.39 is 0 Å². The van der Waals surface area contributed by atoms with Crippen LogP contribution in [0.2, 0.25) is 0 Å². The summed E-state index contributed by atoms with van der Waals surface area (Å²) in [6.45, 7) is 4.83. The molecule has 4 nitrogen and oxygen atoms in total. The molecule has 0 saturated heterocycles. The molecule has 2 rings (SSSR count). The van der Waals surface area contributed by atoms with E-state index in [9.17, 15) is 0 Å². The molecule has 1 N–H and O–H groups in total. The van der Waals surface area contributed by atoms with Crippen molar-refractivity contribution < 1.29 is 4.74 Å². The Hall–Kier alpha value is -2.54. The third kappa shape index (κ3) is 4.22. The topological polar surface area (TPSA) is 57.9 Å². The van der Waals surface area contributed by atoms with Crippen LogP contribution in [0.25, 0.3) is 0 Å². The highest BCUT2D eigenvalue weighted by atomic mass is 16.5. The highest BCUT2D eigenvalue weighted by Gasteiger charge is 2.09. The lowest BCUT2D eigenvalue weighted by atomic mass is 10.2. The molecule has 4 heteroatoms. The molecule has 2 aromatic rings. The summed E-state index contributed by atoms with van der Waals surface area (Å²) in [5, 5.41) is 12.0. The predicted octanol–water partition coefficient (Wildman–Crippen LogP) is 3.53. The number of nitrogens with one attached hydrogen (secondary N) is 1. The molecule has 0 saturated carbocycles. The third-order valence-corrected chi connectivity index (χ3v) is 3.25. The SMILES string of the molecule is CCC(CNc1ccc(C#N)nc1)Oc1ccccc1C. The van der Waals surface area contributed by atoms with E-state index in [4.69, 9.17) is 10.00 Å². The fraction of sp³-hybridized carbons (Fsp3) is 0.294. The first-order chi connectivity index (χ1) is 10.2. The lowest BCUT2D eigenvalue weighted by molar-refractivity contribution is 0.208. The van der Waals surface area contributed by atoms with E-state index in [1.54, 1.807) is 12.3 Å². The summed E-state index contributed by atoms with van der Waals surface area (Å²) in [4.78, 5) is 4.03. The van der Waals surface area contributed by atoms with Gasteiger partial charge in [0.25, 0.3) is 0 Å². The molecule has 1 heterocycles. The fourth-order valence-electron chi connectivity index (χ4n) is 1.93. The van der Waals surface area contributed by atoms with Crippen molar-refractivity contribution in [2.45, 2.75) is 26.4 Å². The van der Waals surface area contributed by atoms with Gasteiger partial charge in [-0.3, -0.25) is 0 Å². The molecule has 0 aliphatic rings. The van der Waals surface area contributed by atoms with Gasteiger partial charge in [0.2, 0.25) is 0 Å². The predicted molar refractivity (Wildman–Crippen MR) is 83.3 cm³/mol. The number of aromatic nitrogens is 1. The van der Waals surface area contributed by atoms with E-state index in [0.717, 1.165) is 23.4 Å². The van der Waals surface area contributed by atoms with Crippen LogP contribution in [-0.2, 0) is 0 Å². The van der Waals surface area contributed by atoms with Crippen LogP contribution in [0.1, 0.15) is 24.6 Å². The monoisotopic (exact) mass is 281 g/mol. The zero-order valence-corrected chi connectivity index (χ0v) is 12.3. The summed E-state index contributed by atoms with van der Waals surface area (Å²) in [5.74, 6) is 0.920. The number of para-hydroxylation sites is 1. The normalized spacial score (nSPS) is 11.5. The number of hydrogen-bond donors (Lipinski definition) is 1. The van der Waals surface area contributed by atoms with Crippen LogP contribution in [0.4, 0.5) is 5.69 Å². The molecule has 1 atom stereocenters. The number of ether oxygens (including phenoxy) is 1. The number of anilines is 1. The number of hydrogen-bond acceptors (Lipinski definition) is 4. The molecular formula is C17H19N3O. The number of rotatable bonds is 6. The van der Waals surface area contributed by atoms with Crippen molar-refractivity contribution >= 4 is 5.69 Å². The van der Waals surface area contributed by atoms with Gasteiger partial charge in [-0.2, -0.15) is 5.26 Å². The fourth-order valence-corrected chi connectivity index (χ4v) is 1.93. The lowest BCUT2D eigenvalue weighted by Crippen LogP contribution is -2.25. The maximum Gasteiger partial charge on any atom is 0.140 e. The molecular weight excluding hydrogens is 262 g/mol. The number of nitrogens with zero attached hydrogens (tertiary/aromatic N) is 2. The minimum atomic E-state index is 0.0849. The minimum absolute atomic E-state index is 0.0849. The molecule has 0 amide bonds. The van der Waals surface area contributed by atoms with E-state index in [1.807, 2.05) is 43.3 Å². The average molecular weight is 281 g/mol. The van der Waals surface area contributed by atoms with Gasteiger partial charge in [0.05, 0.1) is 18.4 Å². The number of benzene rings is 1. The molecule has 1 unspecified atom stereocenters. The second-order valence-corrected chi connectivity index (χ2v) is 4.84. The third-order valence-electron chi connectivity index (χ3n) is 3.25. The Morgan fingerprint density at radius 2 is 2.10 bits per heavy atom. The first kappa shape index (κ1) is 14.9. The van der Waals surface area contributed by atoms with E-state index in [0.29, 0.717) is 12.2 Å². The standard InChI is InChI=1S/C17H19N3O/c1-3-16(21-17-7-5-4-6-13(17)2)12-20-15-9-8-14(10-18)19-11-15/h4-9,11,16,20H,3,12H2,1-2H3. The van der Waals surface area contributed by atoms with Gasteiger partial charge in [0.15, 0.2) is 0 Å². The minimum Gasteiger partial charge on any atom is -0.488 e. The maximum atomic E-state index is 8.72. The van der Waals surface area contributed by atoms with Crippen LogP contribution in [-0.4, -0.2) is 17.6 Å². The Bertz CT molecular complexity index is 617. The van der Waals surface area contributed by atoms with Gasteiger partial charge < -0.3 is 10.1 Å². The van der Waals surface area contributed by atoms with Crippen molar-refractivity contribution in [1.29, 1.82) is 5.26 Å². The summed E-state index contributed by atoms with van der Waals surface area (Å²) in [6.07, 6.45) is 2.66. The van der Waals surface area contributed by atoms with Gasteiger partial charge in [0, 0.05) is 0 Å². The molecule has 1 aromatic carbocycles.